The van der Waals surface area contributed by atoms with E-state index < -0.39 is 0 Å². The van der Waals surface area contributed by atoms with Crippen molar-refractivity contribution in [1.82, 2.24) is 10.4 Å². The molecule has 0 bridgehead atoms. The Hall–Kier alpha value is -2.21. The molecule has 6 heteroatoms. The van der Waals surface area contributed by atoms with Crippen molar-refractivity contribution < 1.29 is 5.11 Å². The van der Waals surface area contributed by atoms with Crippen molar-refractivity contribution in [2.45, 2.75) is 0 Å². The summed E-state index contributed by atoms with van der Waals surface area (Å²) >= 11 is 4.60. The van der Waals surface area contributed by atoms with Gasteiger partial charge in [-0.25, -0.2) is 4.98 Å². The highest BCUT2D eigenvalue weighted by atomic mass is 32.1. The Morgan fingerprint density at radius 1 is 1.41 bits per heavy atom. The average Bonchev–Trinajstić information content (AvgIpc) is 2.30. The summed E-state index contributed by atoms with van der Waals surface area (Å²) in [6, 6.07) is 8.86. The highest BCUT2D eigenvalue weighted by molar-refractivity contribution is 7.80. The first-order valence-corrected chi connectivity index (χ1v) is 5.25. The Bertz CT molecular complexity index is 597. The quantitative estimate of drug-likeness (QED) is 0.420. The number of nitrogens with zero attached hydrogens (tertiary/aromatic N) is 2. The molecule has 2 aromatic rings. The van der Waals surface area contributed by atoms with Gasteiger partial charge in [-0.3, -0.25) is 5.43 Å². The largest absolute Gasteiger partial charge is 0.506 e. The highest BCUT2D eigenvalue weighted by Gasteiger charge is 2.00. The number of aromatic hydroxyl groups is 1. The molecule has 17 heavy (non-hydrogen) atoms. The lowest BCUT2D eigenvalue weighted by molar-refractivity contribution is 0.480. The number of fused-ring (bicyclic) bond motifs is 1. The second-order valence-corrected chi connectivity index (χ2v) is 3.76. The molecule has 2 rings (SSSR count). The SMILES string of the molecule is NC(=S)N/N=C/c1ccc2cccc(O)c2n1. The van der Waals surface area contributed by atoms with Gasteiger partial charge in [0.15, 0.2) is 5.11 Å². The number of hydrogen-bond acceptors (Lipinski definition) is 4. The molecule has 86 valence electrons. The summed E-state index contributed by atoms with van der Waals surface area (Å²) in [4.78, 5) is 4.25. The van der Waals surface area contributed by atoms with Gasteiger partial charge in [0.25, 0.3) is 0 Å². The Labute approximate surface area is 103 Å². The van der Waals surface area contributed by atoms with Crippen molar-refractivity contribution in [1.29, 1.82) is 0 Å². The first-order valence-electron chi connectivity index (χ1n) is 4.84. The molecule has 0 fully saturated rings. The summed E-state index contributed by atoms with van der Waals surface area (Å²) in [5.41, 5.74) is 8.78. The number of phenols is 1. The maximum atomic E-state index is 9.65. The minimum Gasteiger partial charge on any atom is -0.506 e. The first-order chi connectivity index (χ1) is 8.16. The number of benzene rings is 1. The number of phenolic OH excluding ortho intramolecular Hbond substituents is 1. The molecule has 0 spiro atoms. The third-order valence-electron chi connectivity index (χ3n) is 2.09. The van der Waals surface area contributed by atoms with Crippen molar-refractivity contribution >= 4 is 34.4 Å². The molecule has 0 aliphatic heterocycles. The molecule has 1 aromatic heterocycles. The molecule has 1 heterocycles. The van der Waals surface area contributed by atoms with Gasteiger partial charge in [0.2, 0.25) is 0 Å². The minimum absolute atomic E-state index is 0.0879. The molecule has 0 amide bonds. The molecule has 0 atom stereocenters. The summed E-state index contributed by atoms with van der Waals surface area (Å²) in [7, 11) is 0. The molecule has 0 unspecified atom stereocenters. The van der Waals surface area contributed by atoms with E-state index in [-0.39, 0.29) is 10.9 Å². The fourth-order valence-corrected chi connectivity index (χ4v) is 1.43. The summed E-state index contributed by atoms with van der Waals surface area (Å²) < 4.78 is 0. The third kappa shape index (κ3) is 2.67. The van der Waals surface area contributed by atoms with Crippen LogP contribution in [0.1, 0.15) is 5.69 Å². The third-order valence-corrected chi connectivity index (χ3v) is 2.18. The number of rotatable bonds is 2. The van der Waals surface area contributed by atoms with Gasteiger partial charge in [0.1, 0.15) is 11.3 Å². The van der Waals surface area contributed by atoms with E-state index >= 15 is 0 Å². The van der Waals surface area contributed by atoms with Gasteiger partial charge in [-0.15, -0.1) is 0 Å². The maximum absolute atomic E-state index is 9.65. The van der Waals surface area contributed by atoms with Crippen LogP contribution in [0.15, 0.2) is 35.4 Å². The molecular weight excluding hydrogens is 236 g/mol. The Morgan fingerprint density at radius 2 is 2.24 bits per heavy atom. The Balaban J connectivity index is 2.34. The zero-order valence-corrected chi connectivity index (χ0v) is 9.61. The number of thiocarbonyl (C=S) groups is 1. The second-order valence-electron chi connectivity index (χ2n) is 3.32. The van der Waals surface area contributed by atoms with E-state index in [1.165, 1.54) is 6.21 Å². The molecule has 5 nitrogen and oxygen atoms in total. The maximum Gasteiger partial charge on any atom is 0.184 e. The van der Waals surface area contributed by atoms with Gasteiger partial charge in [-0.2, -0.15) is 5.10 Å². The lowest BCUT2D eigenvalue weighted by atomic mass is 10.2. The van der Waals surface area contributed by atoms with Crippen molar-refractivity contribution in [2.75, 3.05) is 0 Å². The zero-order chi connectivity index (χ0) is 12.3. The number of nitrogens with two attached hydrogens (primary N) is 1. The first kappa shape index (κ1) is 11.3. The van der Waals surface area contributed by atoms with E-state index in [0.29, 0.717) is 11.2 Å². The minimum atomic E-state index is 0.0879. The Kier molecular flexibility index (Phi) is 3.15. The van der Waals surface area contributed by atoms with Crippen LogP contribution in [0.4, 0.5) is 0 Å². The van der Waals surface area contributed by atoms with E-state index in [2.05, 4.69) is 27.7 Å². The van der Waals surface area contributed by atoms with E-state index in [4.69, 9.17) is 5.73 Å². The van der Waals surface area contributed by atoms with Crippen LogP contribution in [0.2, 0.25) is 0 Å². The summed E-state index contributed by atoms with van der Waals surface area (Å²) in [5.74, 6) is 0.139. The fourth-order valence-electron chi connectivity index (χ4n) is 1.38. The molecule has 0 aliphatic carbocycles. The van der Waals surface area contributed by atoms with Crippen molar-refractivity contribution in [3.63, 3.8) is 0 Å². The van der Waals surface area contributed by atoms with Crippen LogP contribution in [0.5, 0.6) is 5.75 Å². The van der Waals surface area contributed by atoms with Gasteiger partial charge in [0, 0.05) is 5.39 Å². The standard InChI is InChI=1S/C11H10N4OS/c12-11(17)15-13-6-8-5-4-7-2-1-3-9(16)10(7)14-8/h1-6,16H,(H3,12,15,17)/b13-6+. The highest BCUT2D eigenvalue weighted by Crippen LogP contribution is 2.21. The monoisotopic (exact) mass is 246 g/mol. The van der Waals surface area contributed by atoms with Crippen LogP contribution < -0.4 is 11.2 Å². The van der Waals surface area contributed by atoms with E-state index in [1.807, 2.05) is 12.1 Å². The van der Waals surface area contributed by atoms with Gasteiger partial charge >= 0.3 is 0 Å². The number of hydrazone groups is 1. The second kappa shape index (κ2) is 4.75. The van der Waals surface area contributed by atoms with E-state index in [9.17, 15) is 5.11 Å². The molecule has 0 aliphatic rings. The van der Waals surface area contributed by atoms with Crippen LogP contribution in [-0.4, -0.2) is 21.4 Å². The van der Waals surface area contributed by atoms with Crippen LogP contribution in [-0.2, 0) is 0 Å². The Morgan fingerprint density at radius 3 is 3.00 bits per heavy atom. The molecule has 0 radical (unpaired) electrons. The molecular formula is C11H10N4OS. The van der Waals surface area contributed by atoms with Gasteiger partial charge in [-0.1, -0.05) is 18.2 Å². The van der Waals surface area contributed by atoms with Crippen LogP contribution in [0.3, 0.4) is 0 Å². The number of para-hydroxylation sites is 1. The number of pyridine rings is 1. The van der Waals surface area contributed by atoms with E-state index in [0.717, 1.165) is 5.39 Å². The summed E-state index contributed by atoms with van der Waals surface area (Å²) in [5, 5.41) is 14.4. The topological polar surface area (TPSA) is 83.5 Å². The van der Waals surface area contributed by atoms with Crippen LogP contribution in [0.25, 0.3) is 10.9 Å². The molecule has 4 N–H and O–H groups in total. The lowest BCUT2D eigenvalue weighted by Gasteiger charge is -2.00. The zero-order valence-electron chi connectivity index (χ0n) is 8.79. The predicted molar refractivity (Wildman–Crippen MR) is 70.9 cm³/mol. The van der Waals surface area contributed by atoms with Gasteiger partial charge in [0.05, 0.1) is 11.9 Å². The number of hydrogen-bond donors (Lipinski definition) is 3. The van der Waals surface area contributed by atoms with Gasteiger partial charge in [-0.05, 0) is 24.4 Å². The number of aromatic nitrogens is 1. The molecule has 1 aromatic carbocycles. The number of nitrogens with one attached hydrogen (secondary N) is 1. The van der Waals surface area contributed by atoms with E-state index in [1.54, 1.807) is 18.2 Å². The molecule has 0 saturated heterocycles. The summed E-state index contributed by atoms with van der Waals surface area (Å²) in [6.07, 6.45) is 1.48. The van der Waals surface area contributed by atoms with Crippen molar-refractivity contribution in [2.24, 2.45) is 10.8 Å². The smallest absolute Gasteiger partial charge is 0.184 e. The van der Waals surface area contributed by atoms with Crippen LogP contribution in [0, 0.1) is 0 Å². The van der Waals surface area contributed by atoms with Gasteiger partial charge < -0.3 is 10.8 Å². The van der Waals surface area contributed by atoms with Crippen LogP contribution >= 0.6 is 12.2 Å². The molecule has 0 saturated carbocycles. The fraction of sp³-hybridized carbons (Fsp3) is 0. The average molecular weight is 246 g/mol. The lowest BCUT2D eigenvalue weighted by Crippen LogP contribution is -2.24. The normalized spacial score (nSPS) is 10.8. The van der Waals surface area contributed by atoms with Crippen molar-refractivity contribution in [3.8, 4) is 5.75 Å². The summed E-state index contributed by atoms with van der Waals surface area (Å²) in [6.45, 7) is 0. The predicted octanol–water partition coefficient (Wildman–Crippen LogP) is 1.11. The van der Waals surface area contributed by atoms with Crippen molar-refractivity contribution in [3.05, 3.63) is 36.0 Å².